The summed E-state index contributed by atoms with van der Waals surface area (Å²) in [5, 5.41) is 19.3. The smallest absolute Gasteiger partial charge is 0.162 e. The second-order valence-corrected chi connectivity index (χ2v) is 7.42. The van der Waals surface area contributed by atoms with Crippen LogP contribution in [-0.2, 0) is 4.74 Å². The molecule has 9 nitrogen and oxygen atoms in total. The summed E-state index contributed by atoms with van der Waals surface area (Å²) in [5.41, 5.74) is 7.94. The molecular formula is C23H24N6O3. The van der Waals surface area contributed by atoms with Gasteiger partial charge in [0.05, 0.1) is 36.5 Å². The molecule has 0 bridgehead atoms. The van der Waals surface area contributed by atoms with E-state index in [1.54, 1.807) is 18.2 Å². The van der Waals surface area contributed by atoms with Gasteiger partial charge in [-0.05, 0) is 25.1 Å². The van der Waals surface area contributed by atoms with Crippen LogP contribution in [0.25, 0.3) is 11.4 Å². The van der Waals surface area contributed by atoms with Crippen molar-refractivity contribution >= 4 is 5.82 Å². The minimum Gasteiger partial charge on any atom is -0.456 e. The van der Waals surface area contributed by atoms with Gasteiger partial charge in [-0.3, -0.25) is 0 Å². The van der Waals surface area contributed by atoms with E-state index in [0.29, 0.717) is 47.2 Å². The summed E-state index contributed by atoms with van der Waals surface area (Å²) in [6, 6.07) is 10.9. The van der Waals surface area contributed by atoms with Crippen molar-refractivity contribution in [2.24, 2.45) is 5.73 Å². The molecule has 4 rings (SSSR count). The van der Waals surface area contributed by atoms with E-state index in [4.69, 9.17) is 15.2 Å². The van der Waals surface area contributed by atoms with E-state index in [1.807, 2.05) is 19.1 Å². The third-order valence-electron chi connectivity index (χ3n) is 5.11. The molecule has 0 aliphatic carbocycles. The Balaban J connectivity index is 1.68. The van der Waals surface area contributed by atoms with Crippen molar-refractivity contribution in [2.45, 2.75) is 13.0 Å². The second kappa shape index (κ2) is 9.70. The Labute approximate surface area is 186 Å². The van der Waals surface area contributed by atoms with Crippen molar-refractivity contribution in [3.63, 3.8) is 0 Å². The molecule has 3 aromatic rings. The van der Waals surface area contributed by atoms with Gasteiger partial charge in [0.1, 0.15) is 17.3 Å². The molecule has 3 heterocycles. The van der Waals surface area contributed by atoms with Gasteiger partial charge in [-0.25, -0.2) is 15.0 Å². The van der Waals surface area contributed by atoms with Crippen LogP contribution in [0, 0.1) is 18.3 Å². The van der Waals surface area contributed by atoms with Crippen molar-refractivity contribution in [1.82, 2.24) is 15.0 Å². The van der Waals surface area contributed by atoms with Crippen molar-refractivity contribution in [2.75, 3.05) is 37.7 Å². The summed E-state index contributed by atoms with van der Waals surface area (Å²) in [4.78, 5) is 15.5. The predicted octanol–water partition coefficient (Wildman–Crippen LogP) is 2.34. The highest BCUT2D eigenvalue weighted by molar-refractivity contribution is 5.66. The minimum atomic E-state index is -0.820. The molecule has 9 heteroatoms. The third kappa shape index (κ3) is 4.84. The van der Waals surface area contributed by atoms with E-state index < -0.39 is 6.10 Å². The van der Waals surface area contributed by atoms with Crippen LogP contribution in [0.15, 0.2) is 42.7 Å². The van der Waals surface area contributed by atoms with E-state index in [1.165, 1.54) is 12.4 Å². The van der Waals surface area contributed by atoms with Gasteiger partial charge in [-0.15, -0.1) is 0 Å². The number of nitriles is 1. The molecule has 1 aromatic carbocycles. The van der Waals surface area contributed by atoms with E-state index >= 15 is 0 Å². The van der Waals surface area contributed by atoms with Crippen LogP contribution in [0.2, 0.25) is 0 Å². The lowest BCUT2D eigenvalue weighted by molar-refractivity contribution is 0.122. The van der Waals surface area contributed by atoms with Gasteiger partial charge >= 0.3 is 0 Å². The number of morpholine rings is 1. The number of ether oxygens (including phenoxy) is 2. The summed E-state index contributed by atoms with van der Waals surface area (Å²) in [5.74, 6) is 2.29. The van der Waals surface area contributed by atoms with Gasteiger partial charge in [0, 0.05) is 55.4 Å². The Morgan fingerprint density at radius 1 is 1.22 bits per heavy atom. The maximum atomic E-state index is 9.88. The number of benzene rings is 1. The number of nitrogens with zero attached hydrogens (tertiary/aromatic N) is 5. The van der Waals surface area contributed by atoms with Crippen molar-refractivity contribution in [3.05, 3.63) is 59.5 Å². The fraction of sp³-hybridized carbons (Fsp3) is 0.304. The minimum absolute atomic E-state index is 0.0841. The highest BCUT2D eigenvalue weighted by atomic mass is 16.5. The summed E-state index contributed by atoms with van der Waals surface area (Å²) >= 11 is 0. The van der Waals surface area contributed by atoms with Crippen molar-refractivity contribution in [1.29, 1.82) is 5.26 Å². The first kappa shape index (κ1) is 21.6. The molecule has 3 N–H and O–H groups in total. The number of rotatable bonds is 6. The number of hydrogen-bond acceptors (Lipinski definition) is 9. The Bertz CT molecular complexity index is 1120. The molecule has 0 amide bonds. The SMILES string of the molecule is Cc1cc(Oc2cc(C#N)ccc2-c2ncc(C(O)CN)cn2)cc(N2CCOCC2)n1. The Kier molecular flexibility index (Phi) is 6.56. The summed E-state index contributed by atoms with van der Waals surface area (Å²) in [6.07, 6.45) is 2.25. The molecule has 2 aromatic heterocycles. The number of anilines is 1. The molecule has 0 radical (unpaired) electrons. The van der Waals surface area contributed by atoms with Gasteiger partial charge in [-0.2, -0.15) is 5.26 Å². The van der Waals surface area contributed by atoms with Crippen LogP contribution in [0.4, 0.5) is 5.82 Å². The molecule has 1 fully saturated rings. The average molecular weight is 432 g/mol. The zero-order valence-electron chi connectivity index (χ0n) is 17.7. The number of aromatic nitrogens is 3. The molecule has 1 saturated heterocycles. The molecule has 32 heavy (non-hydrogen) atoms. The Hall–Kier alpha value is -3.58. The van der Waals surface area contributed by atoms with E-state index in [0.717, 1.165) is 24.6 Å². The third-order valence-corrected chi connectivity index (χ3v) is 5.11. The lowest BCUT2D eigenvalue weighted by Gasteiger charge is -2.28. The van der Waals surface area contributed by atoms with Gasteiger partial charge in [0.2, 0.25) is 0 Å². The van der Waals surface area contributed by atoms with E-state index in [-0.39, 0.29) is 6.54 Å². The molecule has 164 valence electrons. The number of nitrogens with two attached hydrogens (primary N) is 1. The number of aliphatic hydroxyl groups excluding tert-OH is 1. The molecule has 1 atom stereocenters. The zero-order chi connectivity index (χ0) is 22.5. The maximum absolute atomic E-state index is 9.88. The lowest BCUT2D eigenvalue weighted by atomic mass is 10.1. The normalized spacial score (nSPS) is 14.6. The fourth-order valence-electron chi connectivity index (χ4n) is 3.41. The Morgan fingerprint density at radius 3 is 2.66 bits per heavy atom. The van der Waals surface area contributed by atoms with Crippen molar-refractivity contribution < 1.29 is 14.6 Å². The Morgan fingerprint density at radius 2 is 1.97 bits per heavy atom. The molecular weight excluding hydrogens is 408 g/mol. The lowest BCUT2D eigenvalue weighted by Crippen LogP contribution is -2.36. The summed E-state index contributed by atoms with van der Waals surface area (Å²) < 4.78 is 11.6. The largest absolute Gasteiger partial charge is 0.456 e. The van der Waals surface area contributed by atoms with Gasteiger partial charge in [0.25, 0.3) is 0 Å². The first-order valence-electron chi connectivity index (χ1n) is 10.3. The number of aryl methyl sites for hydroxylation is 1. The second-order valence-electron chi connectivity index (χ2n) is 7.42. The molecule has 1 aliphatic rings. The summed E-state index contributed by atoms with van der Waals surface area (Å²) in [7, 11) is 0. The number of aliphatic hydroxyl groups is 1. The molecule has 1 aliphatic heterocycles. The van der Waals surface area contributed by atoms with Crippen LogP contribution in [0.1, 0.15) is 22.9 Å². The fourth-order valence-corrected chi connectivity index (χ4v) is 3.41. The first-order valence-corrected chi connectivity index (χ1v) is 10.3. The molecule has 1 unspecified atom stereocenters. The predicted molar refractivity (Wildman–Crippen MR) is 118 cm³/mol. The van der Waals surface area contributed by atoms with Crippen molar-refractivity contribution in [3.8, 4) is 29.0 Å². The standard InChI is InChI=1S/C23H24N6O3/c1-15-8-18(10-22(28-15)29-4-6-31-7-5-29)32-21-9-16(11-24)2-3-19(21)23-26-13-17(14-27-23)20(30)12-25/h2-3,8-10,13-14,20,30H,4-7,12,25H2,1H3. The first-order chi connectivity index (χ1) is 15.6. The monoisotopic (exact) mass is 432 g/mol. The maximum Gasteiger partial charge on any atom is 0.162 e. The topological polar surface area (TPSA) is 130 Å². The van der Waals surface area contributed by atoms with Crippen LogP contribution in [-0.4, -0.2) is 52.9 Å². The zero-order valence-corrected chi connectivity index (χ0v) is 17.7. The van der Waals surface area contributed by atoms with Crippen LogP contribution in [0.3, 0.4) is 0 Å². The number of hydrogen-bond donors (Lipinski definition) is 2. The van der Waals surface area contributed by atoms with Gasteiger partial charge < -0.3 is 25.2 Å². The van der Waals surface area contributed by atoms with Gasteiger partial charge in [-0.1, -0.05) is 0 Å². The molecule has 0 saturated carbocycles. The number of pyridine rings is 1. The van der Waals surface area contributed by atoms with Crippen LogP contribution < -0.4 is 15.4 Å². The van der Waals surface area contributed by atoms with Crippen LogP contribution >= 0.6 is 0 Å². The molecule has 0 spiro atoms. The van der Waals surface area contributed by atoms with E-state index in [2.05, 4.69) is 25.9 Å². The highest BCUT2D eigenvalue weighted by Crippen LogP contribution is 2.34. The summed E-state index contributed by atoms with van der Waals surface area (Å²) in [6.45, 7) is 4.84. The van der Waals surface area contributed by atoms with E-state index in [9.17, 15) is 10.4 Å². The quantitative estimate of drug-likeness (QED) is 0.602. The van der Waals surface area contributed by atoms with Gasteiger partial charge in [0.15, 0.2) is 5.82 Å². The highest BCUT2D eigenvalue weighted by Gasteiger charge is 2.17. The van der Waals surface area contributed by atoms with Crippen LogP contribution in [0.5, 0.6) is 11.5 Å². The average Bonchev–Trinajstić information content (AvgIpc) is 2.84.